The molecule has 106 valence electrons. The number of nitrogens with one attached hydrogen (secondary N) is 1. The van der Waals surface area contributed by atoms with Crippen LogP contribution in [-0.2, 0) is 10.2 Å². The summed E-state index contributed by atoms with van der Waals surface area (Å²) >= 11 is 0. The number of carbonyl (C=O) groups is 1. The highest BCUT2D eigenvalue weighted by Gasteiger charge is 2.21. The number of hydrogen-bond acceptors (Lipinski definition) is 3. The summed E-state index contributed by atoms with van der Waals surface area (Å²) in [6.07, 6.45) is 0. The minimum absolute atomic E-state index is 0.114. The van der Waals surface area contributed by atoms with E-state index in [0.717, 1.165) is 5.56 Å². The molecule has 0 saturated heterocycles. The van der Waals surface area contributed by atoms with E-state index in [1.165, 1.54) is 6.07 Å². The van der Waals surface area contributed by atoms with Crippen molar-refractivity contribution in [2.75, 3.05) is 19.7 Å². The zero-order valence-electron chi connectivity index (χ0n) is 11.6. The highest BCUT2D eigenvalue weighted by atomic mass is 19.1. The van der Waals surface area contributed by atoms with E-state index in [2.05, 4.69) is 5.32 Å². The van der Waals surface area contributed by atoms with E-state index in [-0.39, 0.29) is 23.5 Å². The normalized spacial score (nSPS) is 11.4. The molecule has 0 bridgehead atoms. The van der Waals surface area contributed by atoms with E-state index in [1.54, 1.807) is 6.07 Å². The van der Waals surface area contributed by atoms with Crippen molar-refractivity contribution in [3.8, 4) is 5.75 Å². The SMILES string of the molecule is CCOc1ccc(C(C)(C)CNCC(N)=O)cc1F. The quantitative estimate of drug-likeness (QED) is 0.789. The van der Waals surface area contributed by atoms with E-state index in [0.29, 0.717) is 13.2 Å². The van der Waals surface area contributed by atoms with Crippen LogP contribution in [0.3, 0.4) is 0 Å². The highest BCUT2D eigenvalue weighted by Crippen LogP contribution is 2.27. The van der Waals surface area contributed by atoms with Gasteiger partial charge in [0.1, 0.15) is 0 Å². The number of nitrogens with two attached hydrogens (primary N) is 1. The number of ether oxygens (including phenoxy) is 1. The number of hydrogen-bond donors (Lipinski definition) is 2. The molecule has 1 rings (SSSR count). The van der Waals surface area contributed by atoms with Gasteiger partial charge in [0.2, 0.25) is 5.91 Å². The lowest BCUT2D eigenvalue weighted by atomic mass is 9.84. The molecular formula is C14H21FN2O2. The van der Waals surface area contributed by atoms with Gasteiger partial charge in [-0.15, -0.1) is 0 Å². The number of amides is 1. The van der Waals surface area contributed by atoms with Gasteiger partial charge in [0.25, 0.3) is 0 Å². The molecule has 0 aromatic heterocycles. The largest absolute Gasteiger partial charge is 0.491 e. The summed E-state index contributed by atoms with van der Waals surface area (Å²) in [6.45, 7) is 6.82. The Hall–Kier alpha value is -1.62. The van der Waals surface area contributed by atoms with Crippen LogP contribution in [0.15, 0.2) is 18.2 Å². The lowest BCUT2D eigenvalue weighted by Gasteiger charge is -2.26. The zero-order chi connectivity index (χ0) is 14.5. The monoisotopic (exact) mass is 268 g/mol. The van der Waals surface area contributed by atoms with Crippen molar-refractivity contribution in [1.29, 1.82) is 0 Å². The molecule has 5 heteroatoms. The van der Waals surface area contributed by atoms with Crippen LogP contribution in [0.4, 0.5) is 4.39 Å². The molecule has 0 aliphatic rings. The molecule has 0 aliphatic heterocycles. The van der Waals surface area contributed by atoms with Gasteiger partial charge >= 0.3 is 0 Å². The van der Waals surface area contributed by atoms with Crippen molar-refractivity contribution in [3.05, 3.63) is 29.6 Å². The molecule has 0 atom stereocenters. The van der Waals surface area contributed by atoms with Crippen LogP contribution in [0, 0.1) is 5.82 Å². The van der Waals surface area contributed by atoms with E-state index < -0.39 is 5.91 Å². The maximum absolute atomic E-state index is 13.8. The summed E-state index contributed by atoms with van der Waals surface area (Å²) in [5.74, 6) is -0.525. The summed E-state index contributed by atoms with van der Waals surface area (Å²) < 4.78 is 19.0. The van der Waals surface area contributed by atoms with Crippen LogP contribution in [0.1, 0.15) is 26.3 Å². The number of halogens is 1. The number of primary amides is 1. The molecule has 19 heavy (non-hydrogen) atoms. The van der Waals surface area contributed by atoms with Crippen LogP contribution < -0.4 is 15.8 Å². The van der Waals surface area contributed by atoms with Crippen LogP contribution in [0.2, 0.25) is 0 Å². The minimum Gasteiger partial charge on any atom is -0.491 e. The lowest BCUT2D eigenvalue weighted by molar-refractivity contribution is -0.117. The Morgan fingerprint density at radius 3 is 2.68 bits per heavy atom. The fourth-order valence-corrected chi connectivity index (χ4v) is 1.79. The second-order valence-electron chi connectivity index (χ2n) is 5.03. The Morgan fingerprint density at radius 2 is 2.16 bits per heavy atom. The lowest BCUT2D eigenvalue weighted by Crippen LogP contribution is -2.37. The van der Waals surface area contributed by atoms with E-state index in [1.807, 2.05) is 26.8 Å². The van der Waals surface area contributed by atoms with Crippen LogP contribution >= 0.6 is 0 Å². The predicted octanol–water partition coefficient (Wildman–Crippen LogP) is 1.58. The molecule has 0 heterocycles. The third-order valence-electron chi connectivity index (χ3n) is 2.88. The topological polar surface area (TPSA) is 64.3 Å². The summed E-state index contributed by atoms with van der Waals surface area (Å²) in [5.41, 5.74) is 5.59. The van der Waals surface area contributed by atoms with Crippen molar-refractivity contribution >= 4 is 5.91 Å². The second-order valence-corrected chi connectivity index (χ2v) is 5.03. The fourth-order valence-electron chi connectivity index (χ4n) is 1.79. The average Bonchev–Trinajstić information content (AvgIpc) is 2.31. The van der Waals surface area contributed by atoms with E-state index in [4.69, 9.17) is 10.5 Å². The van der Waals surface area contributed by atoms with Gasteiger partial charge in [0.15, 0.2) is 11.6 Å². The molecular weight excluding hydrogens is 247 g/mol. The molecule has 0 fully saturated rings. The summed E-state index contributed by atoms with van der Waals surface area (Å²) in [7, 11) is 0. The van der Waals surface area contributed by atoms with Crippen molar-refractivity contribution in [3.63, 3.8) is 0 Å². The third kappa shape index (κ3) is 4.52. The van der Waals surface area contributed by atoms with Gasteiger partial charge in [-0.1, -0.05) is 19.9 Å². The number of carbonyl (C=O) groups excluding carboxylic acids is 1. The van der Waals surface area contributed by atoms with Gasteiger partial charge in [-0.05, 0) is 24.6 Å². The van der Waals surface area contributed by atoms with Crippen LogP contribution in [0.25, 0.3) is 0 Å². The third-order valence-corrected chi connectivity index (χ3v) is 2.88. The number of rotatable bonds is 7. The Balaban J connectivity index is 2.77. The zero-order valence-corrected chi connectivity index (χ0v) is 11.6. The number of benzene rings is 1. The predicted molar refractivity (Wildman–Crippen MR) is 72.7 cm³/mol. The Bertz CT molecular complexity index is 447. The smallest absolute Gasteiger partial charge is 0.231 e. The van der Waals surface area contributed by atoms with Crippen molar-refractivity contribution in [2.45, 2.75) is 26.2 Å². The van der Waals surface area contributed by atoms with Gasteiger partial charge in [-0.2, -0.15) is 0 Å². The summed E-state index contributed by atoms with van der Waals surface area (Å²) in [4.78, 5) is 10.7. The molecule has 0 radical (unpaired) electrons. The minimum atomic E-state index is -0.409. The first-order chi connectivity index (χ1) is 8.86. The molecule has 1 aromatic rings. The van der Waals surface area contributed by atoms with Gasteiger partial charge < -0.3 is 15.8 Å². The fraction of sp³-hybridized carbons (Fsp3) is 0.500. The molecule has 0 spiro atoms. The molecule has 4 nitrogen and oxygen atoms in total. The van der Waals surface area contributed by atoms with Crippen LogP contribution in [-0.4, -0.2) is 25.6 Å². The van der Waals surface area contributed by atoms with E-state index in [9.17, 15) is 9.18 Å². The molecule has 1 amide bonds. The summed E-state index contributed by atoms with van der Waals surface area (Å²) in [6, 6.07) is 4.93. The first-order valence-corrected chi connectivity index (χ1v) is 6.28. The molecule has 0 unspecified atom stereocenters. The molecule has 0 saturated carbocycles. The molecule has 0 aliphatic carbocycles. The van der Waals surface area contributed by atoms with Gasteiger partial charge in [0.05, 0.1) is 13.2 Å². The second kappa shape index (κ2) is 6.52. The summed E-state index contributed by atoms with van der Waals surface area (Å²) in [5, 5.41) is 2.95. The van der Waals surface area contributed by atoms with Crippen molar-refractivity contribution in [1.82, 2.24) is 5.32 Å². The van der Waals surface area contributed by atoms with Crippen molar-refractivity contribution in [2.24, 2.45) is 5.73 Å². The molecule has 3 N–H and O–H groups in total. The first-order valence-electron chi connectivity index (χ1n) is 6.28. The Labute approximate surface area is 113 Å². The maximum Gasteiger partial charge on any atom is 0.231 e. The highest BCUT2D eigenvalue weighted by molar-refractivity contribution is 5.75. The van der Waals surface area contributed by atoms with Crippen molar-refractivity contribution < 1.29 is 13.9 Å². The standard InChI is InChI=1S/C14H21FN2O2/c1-4-19-12-6-5-10(7-11(12)15)14(2,3)9-17-8-13(16)18/h5-7,17H,4,8-9H2,1-3H3,(H2,16,18). The Kier molecular flexibility index (Phi) is 5.30. The Morgan fingerprint density at radius 1 is 1.47 bits per heavy atom. The van der Waals surface area contributed by atoms with E-state index >= 15 is 0 Å². The molecule has 1 aromatic carbocycles. The van der Waals surface area contributed by atoms with Crippen LogP contribution in [0.5, 0.6) is 5.75 Å². The van der Waals surface area contributed by atoms with Gasteiger partial charge in [0, 0.05) is 12.0 Å². The maximum atomic E-state index is 13.8. The van der Waals surface area contributed by atoms with Gasteiger partial charge in [-0.25, -0.2) is 4.39 Å². The van der Waals surface area contributed by atoms with Gasteiger partial charge in [-0.3, -0.25) is 4.79 Å². The average molecular weight is 268 g/mol. The first kappa shape index (κ1) is 15.4.